The van der Waals surface area contributed by atoms with Crippen molar-refractivity contribution in [2.24, 2.45) is 5.92 Å². The van der Waals surface area contributed by atoms with Crippen molar-refractivity contribution in [3.8, 4) is 0 Å². The van der Waals surface area contributed by atoms with Gasteiger partial charge in [0.15, 0.2) is 0 Å². The summed E-state index contributed by atoms with van der Waals surface area (Å²) in [5.41, 5.74) is 3.29. The van der Waals surface area contributed by atoms with Gasteiger partial charge in [-0.3, -0.25) is 0 Å². The summed E-state index contributed by atoms with van der Waals surface area (Å²) in [6.45, 7) is 5.35. The number of aliphatic hydroxyl groups is 1. The number of aliphatic carboxylic acids is 1. The maximum Gasteiger partial charge on any atom is 1.00 e. The van der Waals surface area contributed by atoms with Crippen LogP contribution in [-0.4, -0.2) is 27.4 Å². The van der Waals surface area contributed by atoms with E-state index in [1.54, 1.807) is 6.92 Å². The van der Waals surface area contributed by atoms with E-state index < -0.39 is 17.5 Å². The maximum absolute atomic E-state index is 11.1. The molecule has 7 heteroatoms. The summed E-state index contributed by atoms with van der Waals surface area (Å²) in [6, 6.07) is 18.1. The molecular formula is C29H33ClNNaO3S. The first kappa shape index (κ1) is 30.9. The fraction of sp³-hybridized carbons (Fsp3) is 0.379. The fourth-order valence-corrected chi connectivity index (χ4v) is 5.51. The SMILES string of the molecule is C[C@H](CCC[C@@H](SCCC(C)(C)O)c1cccc(/C=C/c2ccc3ccc(Cl)cc3n2)c1)C(=O)[O-].[Na+]. The molecule has 0 amide bonds. The van der Waals surface area contributed by atoms with Crippen LogP contribution >= 0.6 is 23.4 Å². The summed E-state index contributed by atoms with van der Waals surface area (Å²) in [5.74, 6) is -0.614. The summed E-state index contributed by atoms with van der Waals surface area (Å²) >= 11 is 7.93. The van der Waals surface area contributed by atoms with E-state index in [9.17, 15) is 15.0 Å². The van der Waals surface area contributed by atoms with E-state index in [2.05, 4.69) is 30.3 Å². The molecule has 3 aromatic rings. The molecule has 1 aromatic heterocycles. The number of hydrogen-bond acceptors (Lipinski definition) is 5. The van der Waals surface area contributed by atoms with E-state index >= 15 is 0 Å². The molecule has 186 valence electrons. The first-order chi connectivity index (χ1) is 16.6. The fourth-order valence-electron chi connectivity index (χ4n) is 3.77. The normalized spacial score (nSPS) is 13.5. The number of thioether (sulfide) groups is 1. The predicted octanol–water partition coefficient (Wildman–Crippen LogP) is 3.55. The molecule has 0 spiro atoms. The molecule has 0 aliphatic rings. The molecule has 4 nitrogen and oxygen atoms in total. The van der Waals surface area contributed by atoms with Gasteiger partial charge in [0, 0.05) is 21.6 Å². The van der Waals surface area contributed by atoms with Crippen LogP contribution in [-0.2, 0) is 4.79 Å². The van der Waals surface area contributed by atoms with E-state index in [4.69, 9.17) is 16.6 Å². The molecule has 2 atom stereocenters. The number of benzene rings is 2. The Morgan fingerprint density at radius 1 is 1.14 bits per heavy atom. The number of fused-ring (bicyclic) bond motifs is 1. The summed E-state index contributed by atoms with van der Waals surface area (Å²) in [7, 11) is 0. The van der Waals surface area contributed by atoms with Crippen LogP contribution in [0, 0.1) is 5.92 Å². The van der Waals surface area contributed by atoms with Crippen LogP contribution in [0.15, 0.2) is 54.6 Å². The minimum atomic E-state index is -0.993. The molecule has 2 aromatic carbocycles. The number of halogens is 1. The van der Waals surface area contributed by atoms with E-state index in [-0.39, 0.29) is 34.8 Å². The maximum atomic E-state index is 11.1. The van der Waals surface area contributed by atoms with Gasteiger partial charge in [0.25, 0.3) is 0 Å². The topological polar surface area (TPSA) is 73.2 Å². The van der Waals surface area contributed by atoms with Crippen molar-refractivity contribution in [2.45, 2.75) is 57.3 Å². The number of carbonyl (C=O) groups is 1. The third-order valence-electron chi connectivity index (χ3n) is 5.94. The van der Waals surface area contributed by atoms with Gasteiger partial charge < -0.3 is 15.0 Å². The zero-order chi connectivity index (χ0) is 25.4. The van der Waals surface area contributed by atoms with E-state index in [0.717, 1.165) is 40.8 Å². The van der Waals surface area contributed by atoms with Crippen LogP contribution in [0.5, 0.6) is 0 Å². The Balaban J connectivity index is 0.00000456. The minimum absolute atomic E-state index is 0. The monoisotopic (exact) mass is 533 g/mol. The van der Waals surface area contributed by atoms with Crippen molar-refractivity contribution < 1.29 is 44.6 Å². The van der Waals surface area contributed by atoms with Crippen molar-refractivity contribution in [2.75, 3.05) is 5.75 Å². The first-order valence-corrected chi connectivity index (χ1v) is 13.4. The number of pyridine rings is 1. The van der Waals surface area contributed by atoms with E-state index in [1.807, 2.05) is 62.0 Å². The molecule has 0 fully saturated rings. The zero-order valence-electron chi connectivity index (χ0n) is 21.5. The average Bonchev–Trinajstić information content (AvgIpc) is 2.80. The standard InChI is InChI=1S/C29H34ClNO3S.Na/c1-20(28(32)33)6-4-9-27(35-17-16-29(2,3)34)23-8-5-7-21(18-23)10-14-25-15-12-22-11-13-24(30)19-26(22)31-25;/h5,7-8,10-15,18-20,27,34H,4,6,9,16-17H2,1-3H3,(H,32,33);/q;+1/p-1/b14-10+;/t20-,27-;/m1./s1. The zero-order valence-corrected chi connectivity index (χ0v) is 25.1. The summed E-state index contributed by atoms with van der Waals surface area (Å²) in [6.07, 6.45) is 7.02. The van der Waals surface area contributed by atoms with Crippen LogP contribution in [0.4, 0.5) is 0 Å². The third-order valence-corrected chi connectivity index (χ3v) is 7.53. The Labute approximate surface area is 245 Å². The summed E-state index contributed by atoms with van der Waals surface area (Å²) < 4.78 is 0. The van der Waals surface area contributed by atoms with Crippen molar-refractivity contribution in [3.63, 3.8) is 0 Å². The molecule has 0 aliphatic heterocycles. The Morgan fingerprint density at radius 3 is 2.61 bits per heavy atom. The second kappa shape index (κ2) is 14.6. The number of rotatable bonds is 12. The number of carboxylic acid groups (broad SMARTS) is 1. The van der Waals surface area contributed by atoms with Crippen LogP contribution in [0.25, 0.3) is 23.1 Å². The van der Waals surface area contributed by atoms with Gasteiger partial charge in [-0.05, 0) is 80.2 Å². The number of nitrogens with zero attached hydrogens (tertiary/aromatic N) is 1. The molecule has 0 radical (unpaired) electrons. The second-order valence-electron chi connectivity index (χ2n) is 9.65. The Kier molecular flexibility index (Phi) is 12.5. The van der Waals surface area contributed by atoms with Crippen molar-refractivity contribution in [3.05, 3.63) is 76.4 Å². The summed E-state index contributed by atoms with van der Waals surface area (Å²) in [5, 5.41) is 23.1. The van der Waals surface area contributed by atoms with Gasteiger partial charge in [-0.1, -0.05) is 67.4 Å². The van der Waals surface area contributed by atoms with E-state index in [0.29, 0.717) is 17.9 Å². The molecule has 36 heavy (non-hydrogen) atoms. The second-order valence-corrected chi connectivity index (χ2v) is 11.4. The third kappa shape index (κ3) is 10.2. The number of aromatic nitrogens is 1. The predicted molar refractivity (Wildman–Crippen MR) is 146 cm³/mol. The number of carboxylic acids is 1. The van der Waals surface area contributed by atoms with Gasteiger partial charge in [-0.15, -0.1) is 0 Å². The number of hydrogen-bond donors (Lipinski definition) is 1. The molecule has 0 saturated heterocycles. The molecule has 0 saturated carbocycles. The van der Waals surface area contributed by atoms with Gasteiger partial charge in [0.1, 0.15) is 0 Å². The molecule has 0 aliphatic carbocycles. The van der Waals surface area contributed by atoms with E-state index in [1.165, 1.54) is 5.56 Å². The minimum Gasteiger partial charge on any atom is -0.550 e. The largest absolute Gasteiger partial charge is 1.00 e. The molecule has 1 heterocycles. The first-order valence-electron chi connectivity index (χ1n) is 12.0. The molecule has 3 rings (SSSR count). The molecule has 0 unspecified atom stereocenters. The van der Waals surface area contributed by atoms with Gasteiger partial charge >= 0.3 is 29.6 Å². The molecular weight excluding hydrogens is 501 g/mol. The van der Waals surface area contributed by atoms with Gasteiger partial charge in [0.2, 0.25) is 0 Å². The van der Waals surface area contributed by atoms with Gasteiger partial charge in [-0.25, -0.2) is 4.98 Å². The molecule has 0 bridgehead atoms. The van der Waals surface area contributed by atoms with Crippen LogP contribution in [0.3, 0.4) is 0 Å². The van der Waals surface area contributed by atoms with Gasteiger partial charge in [-0.2, -0.15) is 11.8 Å². The van der Waals surface area contributed by atoms with Crippen molar-refractivity contribution >= 4 is 52.4 Å². The van der Waals surface area contributed by atoms with Crippen LogP contribution in [0.2, 0.25) is 5.02 Å². The Morgan fingerprint density at radius 2 is 1.89 bits per heavy atom. The summed E-state index contributed by atoms with van der Waals surface area (Å²) in [4.78, 5) is 15.8. The van der Waals surface area contributed by atoms with Crippen LogP contribution in [0.1, 0.15) is 68.5 Å². The quantitative estimate of drug-likeness (QED) is 0.360. The Hall–Kier alpha value is -1.34. The van der Waals surface area contributed by atoms with Crippen molar-refractivity contribution in [1.82, 2.24) is 4.98 Å². The molecule has 1 N–H and O–H groups in total. The smallest absolute Gasteiger partial charge is 0.550 e. The van der Waals surface area contributed by atoms with Gasteiger partial charge in [0.05, 0.1) is 16.8 Å². The number of carbonyl (C=O) groups excluding carboxylic acids is 1. The average molecular weight is 534 g/mol. The van der Waals surface area contributed by atoms with Crippen molar-refractivity contribution in [1.29, 1.82) is 0 Å². The Bertz CT molecular complexity index is 1180. The van der Waals surface area contributed by atoms with Crippen LogP contribution < -0.4 is 34.7 Å².